The number of hydrogen-bond acceptors (Lipinski definition) is 2. The van der Waals surface area contributed by atoms with Gasteiger partial charge in [0.25, 0.3) is 0 Å². The summed E-state index contributed by atoms with van der Waals surface area (Å²) in [7, 11) is 0. The molecule has 126 valence electrons. The smallest absolute Gasteiger partial charge is 0.319 e. The van der Waals surface area contributed by atoms with Crippen LogP contribution in [0.25, 0.3) is 0 Å². The molecule has 0 saturated heterocycles. The van der Waals surface area contributed by atoms with Gasteiger partial charge >= 0.3 is 6.03 Å². The van der Waals surface area contributed by atoms with E-state index in [1.807, 2.05) is 18.2 Å². The van der Waals surface area contributed by atoms with E-state index in [-0.39, 0.29) is 12.5 Å². The highest BCUT2D eigenvalue weighted by molar-refractivity contribution is 5.89. The van der Waals surface area contributed by atoms with Gasteiger partial charge in [-0.1, -0.05) is 36.4 Å². The number of carbonyl (C=O) groups is 1. The van der Waals surface area contributed by atoms with Gasteiger partial charge in [-0.2, -0.15) is 0 Å². The molecular weight excluding hydrogens is 314 g/mol. The Morgan fingerprint density at radius 3 is 2.29 bits per heavy atom. The van der Waals surface area contributed by atoms with Gasteiger partial charge in [-0.25, -0.2) is 13.6 Å². The number of para-hydroxylation sites is 1. The van der Waals surface area contributed by atoms with Crippen molar-refractivity contribution in [2.45, 2.75) is 18.4 Å². The minimum absolute atomic E-state index is 0.0381. The molecule has 0 aliphatic heterocycles. The van der Waals surface area contributed by atoms with Crippen molar-refractivity contribution in [1.82, 2.24) is 5.32 Å². The molecule has 2 aromatic rings. The highest BCUT2D eigenvalue weighted by atomic mass is 19.1. The van der Waals surface area contributed by atoms with Crippen molar-refractivity contribution in [3.8, 4) is 0 Å². The number of halogens is 2. The number of hydrogen-bond donors (Lipinski definition) is 3. The monoisotopic (exact) mass is 332 g/mol. The summed E-state index contributed by atoms with van der Waals surface area (Å²) < 4.78 is 27.1. The number of benzene rings is 2. The fourth-order valence-corrected chi connectivity index (χ4v) is 2.76. The van der Waals surface area contributed by atoms with Crippen molar-refractivity contribution in [1.29, 1.82) is 0 Å². The van der Waals surface area contributed by atoms with Crippen LogP contribution in [-0.2, 0) is 5.60 Å². The van der Waals surface area contributed by atoms with E-state index in [2.05, 4.69) is 10.6 Å². The van der Waals surface area contributed by atoms with Crippen LogP contribution in [0, 0.1) is 17.6 Å². The number of amides is 2. The first kappa shape index (κ1) is 16.4. The number of carbonyl (C=O) groups excluding carboxylic acids is 1. The van der Waals surface area contributed by atoms with E-state index in [1.54, 1.807) is 12.1 Å². The summed E-state index contributed by atoms with van der Waals surface area (Å²) in [6.07, 6.45) is 1.74. The summed E-state index contributed by atoms with van der Waals surface area (Å²) in [6, 6.07) is 11.6. The number of rotatable bonds is 5. The standard InChI is InChI=1S/C18H18F2N2O2/c19-14-7-4-8-15(20)16(14)22-17(23)21-11-18(24,13-9-10-13)12-5-2-1-3-6-12/h1-8,13,24H,9-11H2,(H2,21,22,23). The molecule has 1 atom stereocenters. The Hall–Kier alpha value is -2.47. The van der Waals surface area contributed by atoms with Gasteiger partial charge in [0.2, 0.25) is 0 Å². The third kappa shape index (κ3) is 3.38. The van der Waals surface area contributed by atoms with Crippen LogP contribution in [0.15, 0.2) is 48.5 Å². The first-order valence-corrected chi connectivity index (χ1v) is 7.77. The molecule has 0 aromatic heterocycles. The van der Waals surface area contributed by atoms with Gasteiger partial charge in [0.15, 0.2) is 0 Å². The van der Waals surface area contributed by atoms with Crippen molar-refractivity contribution in [3.05, 3.63) is 65.7 Å². The number of aliphatic hydroxyl groups is 1. The summed E-state index contributed by atoms with van der Waals surface area (Å²) in [6.45, 7) is -0.0381. The molecule has 3 rings (SSSR count). The highest BCUT2D eigenvalue weighted by Crippen LogP contribution is 2.45. The fraction of sp³-hybridized carbons (Fsp3) is 0.278. The maximum Gasteiger partial charge on any atom is 0.319 e. The maximum absolute atomic E-state index is 13.6. The SMILES string of the molecule is O=C(NCC(O)(c1ccccc1)C1CC1)Nc1c(F)cccc1F. The van der Waals surface area contributed by atoms with Crippen LogP contribution < -0.4 is 10.6 Å². The molecule has 4 nitrogen and oxygen atoms in total. The van der Waals surface area contributed by atoms with Gasteiger partial charge in [-0.05, 0) is 36.5 Å². The van der Waals surface area contributed by atoms with Crippen LogP contribution >= 0.6 is 0 Å². The molecule has 0 spiro atoms. The van der Waals surface area contributed by atoms with Crippen LogP contribution in [0.4, 0.5) is 19.3 Å². The molecule has 2 aromatic carbocycles. The number of nitrogens with one attached hydrogen (secondary N) is 2. The van der Waals surface area contributed by atoms with Crippen LogP contribution in [0.5, 0.6) is 0 Å². The van der Waals surface area contributed by atoms with E-state index in [9.17, 15) is 18.7 Å². The molecule has 0 radical (unpaired) electrons. The van der Waals surface area contributed by atoms with E-state index in [1.165, 1.54) is 6.07 Å². The van der Waals surface area contributed by atoms with Crippen molar-refractivity contribution in [3.63, 3.8) is 0 Å². The molecule has 24 heavy (non-hydrogen) atoms. The van der Waals surface area contributed by atoms with Gasteiger partial charge < -0.3 is 15.7 Å². The minimum atomic E-state index is -1.19. The summed E-state index contributed by atoms with van der Waals surface area (Å²) in [5.74, 6) is -1.65. The summed E-state index contributed by atoms with van der Waals surface area (Å²) >= 11 is 0. The van der Waals surface area contributed by atoms with Gasteiger partial charge in [-0.15, -0.1) is 0 Å². The third-order valence-corrected chi connectivity index (χ3v) is 4.25. The quantitative estimate of drug-likeness (QED) is 0.786. The Balaban J connectivity index is 1.68. The van der Waals surface area contributed by atoms with Crippen LogP contribution in [0.2, 0.25) is 0 Å². The topological polar surface area (TPSA) is 61.4 Å². The fourth-order valence-electron chi connectivity index (χ4n) is 2.76. The molecule has 1 fully saturated rings. The van der Waals surface area contributed by atoms with Crippen molar-refractivity contribution in [2.75, 3.05) is 11.9 Å². The van der Waals surface area contributed by atoms with E-state index >= 15 is 0 Å². The molecular formula is C18H18F2N2O2. The predicted molar refractivity (Wildman–Crippen MR) is 86.4 cm³/mol. The lowest BCUT2D eigenvalue weighted by molar-refractivity contribution is 0.0164. The summed E-state index contributed by atoms with van der Waals surface area (Å²) in [4.78, 5) is 12.0. The third-order valence-electron chi connectivity index (χ3n) is 4.25. The molecule has 0 heterocycles. The van der Waals surface area contributed by atoms with E-state index in [0.717, 1.165) is 25.0 Å². The Kier molecular flexibility index (Phi) is 4.49. The highest BCUT2D eigenvalue weighted by Gasteiger charge is 2.45. The number of anilines is 1. The first-order valence-electron chi connectivity index (χ1n) is 7.77. The molecule has 1 aliphatic carbocycles. The summed E-state index contributed by atoms with van der Waals surface area (Å²) in [5, 5.41) is 15.6. The Morgan fingerprint density at radius 1 is 1.08 bits per heavy atom. The van der Waals surface area contributed by atoms with Gasteiger partial charge in [0.05, 0.1) is 6.54 Å². The second-order valence-electron chi connectivity index (χ2n) is 5.97. The van der Waals surface area contributed by atoms with E-state index in [0.29, 0.717) is 5.56 Å². The van der Waals surface area contributed by atoms with Crippen LogP contribution in [0.3, 0.4) is 0 Å². The normalized spacial score (nSPS) is 16.3. The minimum Gasteiger partial charge on any atom is -0.383 e. The van der Waals surface area contributed by atoms with Crippen LogP contribution in [0.1, 0.15) is 18.4 Å². The zero-order valence-electron chi connectivity index (χ0n) is 12.9. The largest absolute Gasteiger partial charge is 0.383 e. The lowest BCUT2D eigenvalue weighted by Gasteiger charge is -2.29. The average molecular weight is 332 g/mol. The van der Waals surface area contributed by atoms with Gasteiger partial charge in [0, 0.05) is 0 Å². The van der Waals surface area contributed by atoms with E-state index < -0.39 is 29.0 Å². The first-order chi connectivity index (χ1) is 11.5. The Morgan fingerprint density at radius 2 is 1.71 bits per heavy atom. The lowest BCUT2D eigenvalue weighted by atomic mass is 9.89. The van der Waals surface area contributed by atoms with Crippen LogP contribution in [-0.4, -0.2) is 17.7 Å². The lowest BCUT2D eigenvalue weighted by Crippen LogP contribution is -2.44. The van der Waals surface area contributed by atoms with Crippen molar-refractivity contribution >= 4 is 11.7 Å². The molecule has 3 N–H and O–H groups in total. The molecule has 6 heteroatoms. The van der Waals surface area contributed by atoms with Gasteiger partial charge in [-0.3, -0.25) is 0 Å². The Bertz CT molecular complexity index is 715. The summed E-state index contributed by atoms with van der Waals surface area (Å²) in [5.41, 5.74) is -0.985. The molecule has 2 amide bonds. The zero-order valence-corrected chi connectivity index (χ0v) is 12.9. The van der Waals surface area contributed by atoms with Crippen molar-refractivity contribution in [2.24, 2.45) is 5.92 Å². The maximum atomic E-state index is 13.6. The Labute approximate surface area is 138 Å². The molecule has 1 aliphatic rings. The second kappa shape index (κ2) is 6.57. The molecule has 1 saturated carbocycles. The van der Waals surface area contributed by atoms with Crippen molar-refractivity contribution < 1.29 is 18.7 Å². The van der Waals surface area contributed by atoms with Gasteiger partial charge in [0.1, 0.15) is 22.9 Å². The van der Waals surface area contributed by atoms with E-state index in [4.69, 9.17) is 0 Å². The predicted octanol–water partition coefficient (Wildman–Crippen LogP) is 3.38. The average Bonchev–Trinajstić information content (AvgIpc) is 3.42. The zero-order chi connectivity index (χ0) is 17.2. The molecule has 1 unspecified atom stereocenters. The molecule has 0 bridgehead atoms. The second-order valence-corrected chi connectivity index (χ2v) is 5.97. The number of urea groups is 1.